The van der Waals surface area contributed by atoms with E-state index in [1.165, 1.54) is 70.3 Å². The number of allylic oxidation sites excluding steroid dienone is 11. The van der Waals surface area contributed by atoms with Crippen LogP contribution in [0.25, 0.3) is 0 Å². The number of aliphatic hydroxyl groups excluding tert-OH is 3. The lowest BCUT2D eigenvalue weighted by atomic mass is 10.1. The van der Waals surface area contributed by atoms with Crippen LogP contribution in [0.4, 0.5) is 5.82 Å². The first kappa shape index (κ1) is 68.3. The SMILES string of the molecule is CCCCCC/C=C\C/C=C\C/C=C\CCCCCCCCC(=O)O[C@H](COC(=O)CCCC(O)/C=C/C=C/C/C=C/CCCCCCCC)COP(=O)(O)OP(=O)(O)OC[C@H]1O[C@@H](n2ccc(N)nc2=O)[C@H](O)[C@@H]1O. The Balaban J connectivity index is 1.83. The van der Waals surface area contributed by atoms with Crippen molar-refractivity contribution in [1.29, 1.82) is 0 Å². The first-order valence-electron chi connectivity index (χ1n) is 27.6. The molecule has 1 aliphatic heterocycles. The van der Waals surface area contributed by atoms with E-state index in [9.17, 15) is 48.6 Å². The summed E-state index contributed by atoms with van der Waals surface area (Å²) in [4.78, 5) is 62.1. The minimum atomic E-state index is -5.47. The summed E-state index contributed by atoms with van der Waals surface area (Å²) < 4.78 is 56.7. The molecule has 0 spiro atoms. The molecule has 1 aromatic heterocycles. The summed E-state index contributed by atoms with van der Waals surface area (Å²) in [6.07, 6.45) is 41.4. The first-order chi connectivity index (χ1) is 36.6. The molecule has 8 atom stereocenters. The summed E-state index contributed by atoms with van der Waals surface area (Å²) in [6.45, 7) is 1.95. The number of phosphoric acid groups is 2. The highest BCUT2D eigenvalue weighted by Gasteiger charge is 2.46. The average molecular weight is 1110 g/mol. The van der Waals surface area contributed by atoms with Gasteiger partial charge in [0.25, 0.3) is 0 Å². The van der Waals surface area contributed by atoms with Crippen molar-refractivity contribution in [3.63, 3.8) is 0 Å². The molecule has 21 heteroatoms. The number of carbonyl (C=O) groups excluding carboxylic acids is 2. The lowest BCUT2D eigenvalue weighted by Gasteiger charge is -2.21. The number of nitrogen functional groups attached to an aromatic ring is 1. The number of hydrogen-bond acceptors (Lipinski definition) is 16. The Morgan fingerprint density at radius 1 is 0.697 bits per heavy atom. The van der Waals surface area contributed by atoms with Crippen molar-refractivity contribution in [3.8, 4) is 0 Å². The molecule has 1 aromatic rings. The van der Waals surface area contributed by atoms with Crippen LogP contribution in [0.3, 0.4) is 0 Å². The van der Waals surface area contributed by atoms with Gasteiger partial charge in [-0.25, -0.2) is 13.9 Å². The van der Waals surface area contributed by atoms with Crippen LogP contribution in [-0.4, -0.2) is 96.9 Å². The zero-order chi connectivity index (χ0) is 55.7. The Hall–Kier alpha value is -3.84. The smallest absolute Gasteiger partial charge is 0.462 e. The summed E-state index contributed by atoms with van der Waals surface area (Å²) >= 11 is 0. The summed E-state index contributed by atoms with van der Waals surface area (Å²) in [5.41, 5.74) is 4.58. The maximum absolute atomic E-state index is 12.9. The van der Waals surface area contributed by atoms with Crippen molar-refractivity contribution in [2.45, 2.75) is 218 Å². The maximum Gasteiger partial charge on any atom is 0.481 e. The van der Waals surface area contributed by atoms with Crippen LogP contribution in [0.5, 0.6) is 0 Å². The summed E-state index contributed by atoms with van der Waals surface area (Å²) in [5, 5.41) is 31.3. The number of rotatable bonds is 45. The molecule has 0 aromatic carbocycles. The number of aromatic nitrogens is 2. The third kappa shape index (κ3) is 34.1. The molecule has 76 heavy (non-hydrogen) atoms. The van der Waals surface area contributed by atoms with Gasteiger partial charge in [-0.15, -0.1) is 0 Å². The standard InChI is InChI=1S/C55H91N3O16P2/c1-3-5-7-9-11-13-15-17-18-19-20-21-22-23-25-27-29-31-33-35-39-51(61)72-47(43-69-50(60)40-36-38-46(59)37-34-32-30-28-26-24-16-14-12-10-8-6-4-2)44-70-75(65,66)74-76(67,68)71-45-48-52(62)53(63)54(73-48)58-42-41-49(56)57-55(58)64/h13,15,18-19,21-22,24,26,30,32,34,37,41-42,46-48,52-54,59,62-63H,3-12,14,16-17,20,23,25,27-29,31,33,35-36,38-40,43-45H2,1-2H3,(H,65,66)(H,67,68)(H2,56,57,64)/b15-13-,19-18-,22-21-,26-24+,32-30+,37-34+/t46?,47-,48-,52-,53-,54-/m1/s1. The highest BCUT2D eigenvalue weighted by molar-refractivity contribution is 7.61. The average Bonchev–Trinajstić information content (AvgIpc) is 3.65. The fraction of sp³-hybridized carbons (Fsp3) is 0.673. The molecule has 0 bridgehead atoms. The highest BCUT2D eigenvalue weighted by atomic mass is 31.3. The predicted octanol–water partition coefficient (Wildman–Crippen LogP) is 11.0. The van der Waals surface area contributed by atoms with Gasteiger partial charge >= 0.3 is 33.3 Å². The summed E-state index contributed by atoms with van der Waals surface area (Å²) in [7, 11) is -10.9. The van der Waals surface area contributed by atoms with Crippen LogP contribution in [0.1, 0.15) is 187 Å². The van der Waals surface area contributed by atoms with E-state index in [1.54, 1.807) is 12.2 Å². The third-order valence-corrected chi connectivity index (χ3v) is 14.7. The molecule has 0 saturated carbocycles. The minimum absolute atomic E-state index is 0.00686. The second kappa shape index (κ2) is 42.2. The highest BCUT2D eigenvalue weighted by Crippen LogP contribution is 2.60. The van der Waals surface area contributed by atoms with E-state index in [0.717, 1.165) is 81.4 Å². The maximum atomic E-state index is 12.9. The normalized spacial score (nSPS) is 19.7. The van der Waals surface area contributed by atoms with Crippen molar-refractivity contribution in [3.05, 3.63) is 95.7 Å². The molecule has 0 amide bonds. The second-order valence-electron chi connectivity index (χ2n) is 18.9. The zero-order valence-corrected chi connectivity index (χ0v) is 46.9. The third-order valence-electron chi connectivity index (χ3n) is 12.1. The number of nitrogens with zero attached hydrogens (tertiary/aromatic N) is 2. The second-order valence-corrected chi connectivity index (χ2v) is 22.0. The topological polar surface area (TPSA) is 286 Å². The van der Waals surface area contributed by atoms with Crippen LogP contribution < -0.4 is 11.4 Å². The van der Waals surface area contributed by atoms with E-state index in [4.69, 9.17) is 29.0 Å². The van der Waals surface area contributed by atoms with Crippen molar-refractivity contribution in [2.75, 3.05) is 25.6 Å². The van der Waals surface area contributed by atoms with Crippen molar-refractivity contribution in [2.24, 2.45) is 0 Å². The van der Waals surface area contributed by atoms with Gasteiger partial charge in [0.15, 0.2) is 12.3 Å². The lowest BCUT2D eigenvalue weighted by Crippen LogP contribution is -2.36. The predicted molar refractivity (Wildman–Crippen MR) is 295 cm³/mol. The number of esters is 2. The quantitative estimate of drug-likeness (QED) is 0.0116. The first-order valence-corrected chi connectivity index (χ1v) is 30.5. The van der Waals surface area contributed by atoms with E-state index in [-0.39, 0.29) is 31.5 Å². The molecule has 1 saturated heterocycles. The molecule has 0 radical (unpaired) electrons. The van der Waals surface area contributed by atoms with E-state index >= 15 is 0 Å². The Morgan fingerprint density at radius 3 is 1.83 bits per heavy atom. The molecule has 7 N–H and O–H groups in total. The summed E-state index contributed by atoms with van der Waals surface area (Å²) in [6, 6.07) is 1.24. The molecule has 19 nitrogen and oxygen atoms in total. The number of aliphatic hydroxyl groups is 3. The monoisotopic (exact) mass is 1110 g/mol. The van der Waals surface area contributed by atoms with Crippen LogP contribution >= 0.6 is 15.6 Å². The number of phosphoric ester groups is 2. The van der Waals surface area contributed by atoms with E-state index < -0.39 is 89.8 Å². The molecule has 0 aliphatic carbocycles. The Morgan fingerprint density at radius 2 is 1.22 bits per heavy atom. The van der Waals surface area contributed by atoms with Crippen molar-refractivity contribution >= 4 is 33.4 Å². The summed E-state index contributed by atoms with van der Waals surface area (Å²) in [5.74, 6) is -1.52. The Kier molecular flexibility index (Phi) is 37.9. The van der Waals surface area contributed by atoms with Gasteiger partial charge in [-0.3, -0.25) is 23.2 Å². The molecule has 1 aliphatic rings. The van der Waals surface area contributed by atoms with Gasteiger partial charge in [0.2, 0.25) is 0 Å². The zero-order valence-electron chi connectivity index (χ0n) is 45.1. The van der Waals surface area contributed by atoms with Gasteiger partial charge in [-0.1, -0.05) is 164 Å². The number of unbranched alkanes of at least 4 members (excludes halogenated alkanes) is 16. The van der Waals surface area contributed by atoms with Crippen LogP contribution in [0, 0.1) is 0 Å². The fourth-order valence-electron chi connectivity index (χ4n) is 7.80. The van der Waals surface area contributed by atoms with E-state index in [0.29, 0.717) is 6.42 Å². The van der Waals surface area contributed by atoms with Gasteiger partial charge in [-0.05, 0) is 83.1 Å². The molecule has 1 fully saturated rings. The fourth-order valence-corrected chi connectivity index (χ4v) is 9.91. The molecule has 432 valence electrons. The largest absolute Gasteiger partial charge is 0.481 e. The van der Waals surface area contributed by atoms with Crippen LogP contribution in [-0.2, 0) is 46.3 Å². The Labute approximate surface area is 451 Å². The van der Waals surface area contributed by atoms with Gasteiger partial charge in [0.1, 0.15) is 30.7 Å². The number of hydrogen-bond donors (Lipinski definition) is 6. The molecule has 2 heterocycles. The van der Waals surface area contributed by atoms with Gasteiger partial charge < -0.3 is 45.1 Å². The van der Waals surface area contributed by atoms with Crippen LogP contribution in [0.15, 0.2) is 90.0 Å². The number of ether oxygens (including phenoxy) is 3. The minimum Gasteiger partial charge on any atom is -0.462 e. The number of anilines is 1. The number of carbonyl (C=O) groups is 2. The van der Waals surface area contributed by atoms with Gasteiger partial charge in [0, 0.05) is 19.0 Å². The van der Waals surface area contributed by atoms with E-state index in [2.05, 4.69) is 71.8 Å². The molecule has 3 unspecified atom stereocenters. The van der Waals surface area contributed by atoms with Crippen molar-refractivity contribution in [1.82, 2.24) is 9.55 Å². The molecular weight excluding hydrogens is 1020 g/mol. The number of nitrogens with two attached hydrogens (primary N) is 1. The van der Waals surface area contributed by atoms with E-state index in [1.807, 2.05) is 12.2 Å². The van der Waals surface area contributed by atoms with Gasteiger partial charge in [-0.2, -0.15) is 9.29 Å². The lowest BCUT2D eigenvalue weighted by molar-refractivity contribution is -0.161. The molecular formula is C55H91N3O16P2. The van der Waals surface area contributed by atoms with Crippen LogP contribution in [0.2, 0.25) is 0 Å². The molecule has 2 rings (SSSR count). The van der Waals surface area contributed by atoms with Crippen molar-refractivity contribution < 1.29 is 71.4 Å². The van der Waals surface area contributed by atoms with Gasteiger partial charge in [0.05, 0.1) is 19.3 Å². The Bertz CT molecular complexity index is 2080.